The highest BCUT2D eigenvalue weighted by molar-refractivity contribution is 5.24. The van der Waals surface area contributed by atoms with E-state index in [1.807, 2.05) is 6.92 Å². The number of pyridine rings is 1. The summed E-state index contributed by atoms with van der Waals surface area (Å²) >= 11 is 0. The molecule has 2 heteroatoms. The maximum absolute atomic E-state index is 6.34. The molecule has 0 bridgehead atoms. The van der Waals surface area contributed by atoms with Crippen LogP contribution in [-0.2, 0) is 0 Å². The number of aromatic nitrogens is 1. The van der Waals surface area contributed by atoms with Crippen LogP contribution in [0.1, 0.15) is 61.5 Å². The third kappa shape index (κ3) is 3.29. The van der Waals surface area contributed by atoms with Crippen molar-refractivity contribution in [3.05, 3.63) is 29.1 Å². The lowest BCUT2D eigenvalue weighted by Crippen LogP contribution is -2.18. The van der Waals surface area contributed by atoms with Crippen LogP contribution < -0.4 is 5.73 Å². The summed E-state index contributed by atoms with van der Waals surface area (Å²) in [5, 5.41) is 0. The largest absolute Gasteiger partial charge is 0.324 e. The minimum atomic E-state index is 0.172. The maximum Gasteiger partial charge on any atom is 0.0423 e. The van der Waals surface area contributed by atoms with Crippen molar-refractivity contribution in [1.29, 1.82) is 0 Å². The van der Waals surface area contributed by atoms with E-state index in [2.05, 4.69) is 24.0 Å². The van der Waals surface area contributed by atoms with Gasteiger partial charge in [-0.2, -0.15) is 0 Å². The molecule has 2 rings (SSSR count). The van der Waals surface area contributed by atoms with Gasteiger partial charge in [0.1, 0.15) is 0 Å². The summed E-state index contributed by atoms with van der Waals surface area (Å²) < 4.78 is 0. The topological polar surface area (TPSA) is 38.9 Å². The van der Waals surface area contributed by atoms with E-state index in [1.165, 1.54) is 37.7 Å². The minimum Gasteiger partial charge on any atom is -0.324 e. The number of nitrogens with zero attached hydrogens (tertiary/aromatic N) is 1. The molecule has 1 unspecified atom stereocenters. The first-order valence-electron chi connectivity index (χ1n) is 6.86. The summed E-state index contributed by atoms with van der Waals surface area (Å²) in [6.07, 6.45) is 8.06. The molecule has 1 aromatic heterocycles. The van der Waals surface area contributed by atoms with Gasteiger partial charge in [0.05, 0.1) is 0 Å². The Hall–Kier alpha value is -0.890. The summed E-state index contributed by atoms with van der Waals surface area (Å²) in [5.74, 6) is 0.833. The monoisotopic (exact) mass is 232 g/mol. The van der Waals surface area contributed by atoms with Gasteiger partial charge >= 0.3 is 0 Å². The highest BCUT2D eigenvalue weighted by atomic mass is 14.7. The van der Waals surface area contributed by atoms with E-state index in [9.17, 15) is 0 Å². The molecule has 94 valence electrons. The van der Waals surface area contributed by atoms with Gasteiger partial charge in [-0.1, -0.05) is 38.2 Å². The van der Waals surface area contributed by atoms with Crippen LogP contribution >= 0.6 is 0 Å². The summed E-state index contributed by atoms with van der Waals surface area (Å²) in [4.78, 5) is 4.51. The molecule has 0 amide bonds. The van der Waals surface area contributed by atoms with Gasteiger partial charge in [0, 0.05) is 17.4 Å². The van der Waals surface area contributed by atoms with Crippen LogP contribution in [0.4, 0.5) is 0 Å². The SMILES string of the molecule is Cc1ccc(C(N)CC2CCCCC2)c(C)n1. The molecule has 2 N–H and O–H groups in total. The van der Waals surface area contributed by atoms with Crippen molar-refractivity contribution in [2.75, 3.05) is 0 Å². The Bertz CT molecular complexity index is 367. The van der Waals surface area contributed by atoms with E-state index >= 15 is 0 Å². The van der Waals surface area contributed by atoms with Crippen molar-refractivity contribution >= 4 is 0 Å². The number of aryl methyl sites for hydroxylation is 2. The first-order valence-corrected chi connectivity index (χ1v) is 6.86. The van der Waals surface area contributed by atoms with E-state index < -0.39 is 0 Å². The van der Waals surface area contributed by atoms with Gasteiger partial charge in [0.2, 0.25) is 0 Å². The lowest BCUT2D eigenvalue weighted by atomic mass is 9.83. The minimum absolute atomic E-state index is 0.172. The molecule has 2 nitrogen and oxygen atoms in total. The lowest BCUT2D eigenvalue weighted by Gasteiger charge is -2.25. The summed E-state index contributed by atoms with van der Waals surface area (Å²) in [6, 6.07) is 4.40. The molecule has 0 spiro atoms. The highest BCUT2D eigenvalue weighted by Gasteiger charge is 2.18. The molecule has 1 fully saturated rings. The normalized spacial score (nSPS) is 19.2. The van der Waals surface area contributed by atoms with Crippen LogP contribution in [0, 0.1) is 19.8 Å². The molecule has 0 aliphatic heterocycles. The highest BCUT2D eigenvalue weighted by Crippen LogP contribution is 2.31. The molecule has 0 aromatic carbocycles. The van der Waals surface area contributed by atoms with Crippen LogP contribution in [-0.4, -0.2) is 4.98 Å². The van der Waals surface area contributed by atoms with Crippen LogP contribution in [0.15, 0.2) is 12.1 Å². The standard InChI is InChI=1S/C15H24N2/c1-11-8-9-14(12(2)17-11)15(16)10-13-6-4-3-5-7-13/h8-9,13,15H,3-7,10,16H2,1-2H3. The van der Waals surface area contributed by atoms with E-state index in [1.54, 1.807) is 0 Å². The van der Waals surface area contributed by atoms with Crippen LogP contribution in [0.5, 0.6) is 0 Å². The first kappa shape index (κ1) is 12.6. The molecule has 1 aliphatic rings. The van der Waals surface area contributed by atoms with Gasteiger partial charge in [-0.05, 0) is 37.8 Å². The predicted molar refractivity (Wildman–Crippen MR) is 71.8 cm³/mol. The van der Waals surface area contributed by atoms with Crippen molar-refractivity contribution in [3.8, 4) is 0 Å². The summed E-state index contributed by atoms with van der Waals surface area (Å²) in [7, 11) is 0. The Morgan fingerprint density at radius 3 is 2.59 bits per heavy atom. The van der Waals surface area contributed by atoms with Crippen molar-refractivity contribution in [1.82, 2.24) is 4.98 Å². The summed E-state index contributed by atoms with van der Waals surface area (Å²) in [5.41, 5.74) is 9.76. The number of nitrogens with two attached hydrogens (primary N) is 1. The molecule has 1 aliphatic carbocycles. The average Bonchev–Trinajstić information content (AvgIpc) is 2.30. The van der Waals surface area contributed by atoms with Crippen molar-refractivity contribution in [2.45, 2.75) is 58.4 Å². The molecule has 1 aromatic rings. The Labute approximate surface area is 105 Å². The third-order valence-corrected chi connectivity index (χ3v) is 3.98. The van der Waals surface area contributed by atoms with Crippen molar-refractivity contribution in [3.63, 3.8) is 0 Å². The fourth-order valence-corrected chi connectivity index (χ4v) is 3.00. The smallest absolute Gasteiger partial charge is 0.0423 e. The van der Waals surface area contributed by atoms with Gasteiger partial charge in [0.25, 0.3) is 0 Å². The molecular formula is C15H24N2. The molecule has 0 radical (unpaired) electrons. The molecule has 1 atom stereocenters. The van der Waals surface area contributed by atoms with E-state index in [-0.39, 0.29) is 6.04 Å². The van der Waals surface area contributed by atoms with E-state index in [0.717, 1.165) is 23.7 Å². The van der Waals surface area contributed by atoms with Gasteiger partial charge in [-0.25, -0.2) is 0 Å². The number of rotatable bonds is 3. The Morgan fingerprint density at radius 2 is 1.94 bits per heavy atom. The molecule has 1 saturated carbocycles. The Balaban J connectivity index is 2.00. The number of hydrogen-bond donors (Lipinski definition) is 1. The lowest BCUT2D eigenvalue weighted by molar-refractivity contribution is 0.319. The van der Waals surface area contributed by atoms with Gasteiger partial charge in [-0.3, -0.25) is 4.98 Å². The zero-order valence-electron chi connectivity index (χ0n) is 11.1. The van der Waals surface area contributed by atoms with Crippen LogP contribution in [0.25, 0.3) is 0 Å². The van der Waals surface area contributed by atoms with Crippen molar-refractivity contribution in [2.24, 2.45) is 11.7 Å². The second-order valence-electron chi connectivity index (χ2n) is 5.47. The predicted octanol–water partition coefficient (Wildman–Crippen LogP) is 3.67. The quantitative estimate of drug-likeness (QED) is 0.863. The van der Waals surface area contributed by atoms with Gasteiger partial charge < -0.3 is 5.73 Å². The average molecular weight is 232 g/mol. The van der Waals surface area contributed by atoms with Crippen LogP contribution in [0.2, 0.25) is 0 Å². The second kappa shape index (κ2) is 5.63. The zero-order valence-corrected chi connectivity index (χ0v) is 11.1. The second-order valence-corrected chi connectivity index (χ2v) is 5.47. The van der Waals surface area contributed by atoms with E-state index in [0.29, 0.717) is 0 Å². The number of hydrogen-bond acceptors (Lipinski definition) is 2. The fourth-order valence-electron chi connectivity index (χ4n) is 3.00. The van der Waals surface area contributed by atoms with Crippen molar-refractivity contribution < 1.29 is 0 Å². The molecule has 1 heterocycles. The third-order valence-electron chi connectivity index (χ3n) is 3.98. The fraction of sp³-hybridized carbons (Fsp3) is 0.667. The molecule has 17 heavy (non-hydrogen) atoms. The van der Waals surface area contributed by atoms with E-state index in [4.69, 9.17) is 5.73 Å². The van der Waals surface area contributed by atoms with Gasteiger partial charge in [-0.15, -0.1) is 0 Å². The Morgan fingerprint density at radius 1 is 1.24 bits per heavy atom. The Kier molecular flexibility index (Phi) is 4.16. The molecule has 0 saturated heterocycles. The summed E-state index contributed by atoms with van der Waals surface area (Å²) in [6.45, 7) is 4.10. The van der Waals surface area contributed by atoms with Gasteiger partial charge in [0.15, 0.2) is 0 Å². The first-order chi connectivity index (χ1) is 8.16. The maximum atomic E-state index is 6.34. The molecular weight excluding hydrogens is 208 g/mol. The van der Waals surface area contributed by atoms with Crippen LogP contribution in [0.3, 0.4) is 0 Å². The zero-order chi connectivity index (χ0) is 12.3.